The minimum Gasteiger partial charge on any atom is -0.496 e. The first kappa shape index (κ1) is 17.0. The van der Waals surface area contributed by atoms with Gasteiger partial charge < -0.3 is 14.8 Å². The van der Waals surface area contributed by atoms with Crippen molar-refractivity contribution in [2.75, 3.05) is 13.7 Å². The third-order valence-corrected chi connectivity index (χ3v) is 3.01. The molecule has 0 fully saturated rings. The number of rotatable bonds is 7. The molecule has 0 aliphatic carbocycles. The van der Waals surface area contributed by atoms with E-state index in [0.29, 0.717) is 17.9 Å². The van der Waals surface area contributed by atoms with Crippen molar-refractivity contribution in [3.05, 3.63) is 29.8 Å². The first-order valence-electron chi connectivity index (χ1n) is 7.11. The van der Waals surface area contributed by atoms with Crippen molar-refractivity contribution in [2.45, 2.75) is 33.2 Å². The van der Waals surface area contributed by atoms with Gasteiger partial charge in [0.25, 0.3) is 5.91 Å². The maximum Gasteiger partial charge on any atom is 0.328 e. The van der Waals surface area contributed by atoms with Gasteiger partial charge in [0, 0.05) is 0 Å². The number of hydrogen-bond acceptors (Lipinski definition) is 4. The number of amides is 1. The van der Waals surface area contributed by atoms with Crippen LogP contribution in [0, 0.1) is 5.92 Å². The Morgan fingerprint density at radius 2 is 1.90 bits per heavy atom. The molecular weight excluding hydrogens is 270 g/mol. The first-order chi connectivity index (χ1) is 10.0. The Balaban J connectivity index is 2.83. The average Bonchev–Trinajstić information content (AvgIpc) is 2.49. The van der Waals surface area contributed by atoms with Crippen LogP contribution in [-0.2, 0) is 9.53 Å². The summed E-state index contributed by atoms with van der Waals surface area (Å²) in [6, 6.07) is 6.22. The molecule has 1 N–H and O–H groups in total. The molecule has 1 unspecified atom stereocenters. The zero-order chi connectivity index (χ0) is 15.8. The molecule has 0 bridgehead atoms. The molecule has 1 amide bonds. The summed E-state index contributed by atoms with van der Waals surface area (Å²) in [4.78, 5) is 24.3. The Morgan fingerprint density at radius 1 is 1.24 bits per heavy atom. The second kappa shape index (κ2) is 8.29. The quantitative estimate of drug-likeness (QED) is 0.784. The van der Waals surface area contributed by atoms with E-state index in [1.807, 2.05) is 20.8 Å². The van der Waals surface area contributed by atoms with Gasteiger partial charge in [-0.2, -0.15) is 0 Å². The fourth-order valence-corrected chi connectivity index (χ4v) is 1.84. The van der Waals surface area contributed by atoms with Gasteiger partial charge in [-0.15, -0.1) is 0 Å². The highest BCUT2D eigenvalue weighted by molar-refractivity contribution is 5.99. The number of carbonyl (C=O) groups is 2. The van der Waals surface area contributed by atoms with Crippen molar-refractivity contribution in [3.8, 4) is 5.75 Å². The van der Waals surface area contributed by atoms with Gasteiger partial charge in [0.2, 0.25) is 0 Å². The Morgan fingerprint density at radius 3 is 2.48 bits per heavy atom. The fraction of sp³-hybridized carbons (Fsp3) is 0.500. The van der Waals surface area contributed by atoms with Gasteiger partial charge in [0.15, 0.2) is 0 Å². The number of carbonyl (C=O) groups excluding carboxylic acids is 2. The van der Waals surface area contributed by atoms with Crippen LogP contribution < -0.4 is 10.1 Å². The van der Waals surface area contributed by atoms with Crippen LogP contribution in [0.1, 0.15) is 37.6 Å². The number of para-hydroxylation sites is 1. The van der Waals surface area contributed by atoms with Gasteiger partial charge >= 0.3 is 5.97 Å². The maximum absolute atomic E-state index is 12.3. The van der Waals surface area contributed by atoms with Gasteiger partial charge in [-0.3, -0.25) is 4.79 Å². The summed E-state index contributed by atoms with van der Waals surface area (Å²) in [5.74, 6) is -0.345. The molecular formula is C16H23NO4. The highest BCUT2D eigenvalue weighted by Gasteiger charge is 2.26. The summed E-state index contributed by atoms with van der Waals surface area (Å²) in [6.45, 7) is 6.00. The first-order valence-corrected chi connectivity index (χ1v) is 7.11. The van der Waals surface area contributed by atoms with Crippen molar-refractivity contribution in [2.24, 2.45) is 5.92 Å². The van der Waals surface area contributed by atoms with E-state index in [9.17, 15) is 9.59 Å². The zero-order valence-corrected chi connectivity index (χ0v) is 13.0. The Kier molecular flexibility index (Phi) is 6.72. The molecule has 1 atom stereocenters. The Labute approximate surface area is 125 Å². The minimum atomic E-state index is -0.672. The molecule has 1 aromatic rings. The van der Waals surface area contributed by atoms with Crippen LogP contribution in [0.25, 0.3) is 0 Å². The van der Waals surface area contributed by atoms with Crippen LogP contribution in [0.2, 0.25) is 0 Å². The molecule has 116 valence electrons. The van der Waals surface area contributed by atoms with Crippen LogP contribution in [-0.4, -0.2) is 31.6 Å². The van der Waals surface area contributed by atoms with Crippen molar-refractivity contribution in [3.63, 3.8) is 0 Å². The summed E-state index contributed by atoms with van der Waals surface area (Å²) < 4.78 is 10.3. The van der Waals surface area contributed by atoms with Gasteiger partial charge in [-0.05, 0) is 24.5 Å². The van der Waals surface area contributed by atoms with E-state index < -0.39 is 12.0 Å². The largest absolute Gasteiger partial charge is 0.496 e. The molecule has 1 aromatic carbocycles. The van der Waals surface area contributed by atoms with E-state index in [1.54, 1.807) is 24.3 Å². The number of methoxy groups -OCH3 is 1. The summed E-state index contributed by atoms with van der Waals surface area (Å²) in [7, 11) is 1.50. The summed E-state index contributed by atoms with van der Waals surface area (Å²) in [6.07, 6.45) is 0.747. The Hall–Kier alpha value is -2.04. The second-order valence-corrected chi connectivity index (χ2v) is 5.06. The number of ether oxygens (including phenoxy) is 2. The topological polar surface area (TPSA) is 64.6 Å². The van der Waals surface area contributed by atoms with Crippen molar-refractivity contribution in [1.82, 2.24) is 5.32 Å². The lowest BCUT2D eigenvalue weighted by Crippen LogP contribution is -2.45. The van der Waals surface area contributed by atoms with Gasteiger partial charge in [0.1, 0.15) is 11.8 Å². The SMILES string of the molecule is CCCOC(=O)C(NC(=O)c1ccccc1OC)C(C)C. The van der Waals surface area contributed by atoms with Crippen LogP contribution >= 0.6 is 0 Å². The zero-order valence-electron chi connectivity index (χ0n) is 13.0. The highest BCUT2D eigenvalue weighted by Crippen LogP contribution is 2.17. The normalized spacial score (nSPS) is 11.9. The summed E-state index contributed by atoms with van der Waals surface area (Å²) in [5, 5.41) is 2.72. The minimum absolute atomic E-state index is 0.0620. The molecule has 1 rings (SSSR count). The van der Waals surface area contributed by atoms with Crippen molar-refractivity contribution >= 4 is 11.9 Å². The Bertz CT molecular complexity index is 485. The molecule has 21 heavy (non-hydrogen) atoms. The monoisotopic (exact) mass is 293 g/mol. The molecule has 5 heteroatoms. The van der Waals surface area contributed by atoms with Gasteiger partial charge in [-0.25, -0.2) is 4.79 Å². The number of hydrogen-bond donors (Lipinski definition) is 1. The van der Waals surface area contributed by atoms with Crippen LogP contribution in [0.3, 0.4) is 0 Å². The van der Waals surface area contributed by atoms with Crippen molar-refractivity contribution in [1.29, 1.82) is 0 Å². The van der Waals surface area contributed by atoms with E-state index in [4.69, 9.17) is 9.47 Å². The van der Waals surface area contributed by atoms with E-state index in [1.165, 1.54) is 7.11 Å². The van der Waals surface area contributed by atoms with Gasteiger partial charge in [-0.1, -0.05) is 32.9 Å². The second-order valence-electron chi connectivity index (χ2n) is 5.06. The third kappa shape index (κ3) is 4.77. The fourth-order valence-electron chi connectivity index (χ4n) is 1.84. The molecule has 0 heterocycles. The third-order valence-electron chi connectivity index (χ3n) is 3.01. The van der Waals surface area contributed by atoms with E-state index in [0.717, 1.165) is 6.42 Å². The van der Waals surface area contributed by atoms with Crippen LogP contribution in [0.5, 0.6) is 5.75 Å². The molecule has 0 spiro atoms. The summed E-state index contributed by atoms with van der Waals surface area (Å²) in [5.41, 5.74) is 0.397. The van der Waals surface area contributed by atoms with E-state index in [-0.39, 0.29) is 11.8 Å². The standard InChI is InChI=1S/C16H23NO4/c1-5-10-21-16(19)14(11(2)3)17-15(18)12-8-6-7-9-13(12)20-4/h6-9,11,14H,5,10H2,1-4H3,(H,17,18). The molecule has 0 radical (unpaired) electrons. The molecule has 0 saturated carbocycles. The van der Waals surface area contributed by atoms with Gasteiger partial charge in [0.05, 0.1) is 19.3 Å². The number of nitrogens with one attached hydrogen (secondary N) is 1. The van der Waals surface area contributed by atoms with E-state index >= 15 is 0 Å². The molecule has 0 saturated heterocycles. The maximum atomic E-state index is 12.3. The van der Waals surface area contributed by atoms with Crippen LogP contribution in [0.4, 0.5) is 0 Å². The molecule has 0 aliphatic rings. The number of benzene rings is 1. The van der Waals surface area contributed by atoms with Crippen LogP contribution in [0.15, 0.2) is 24.3 Å². The average molecular weight is 293 g/mol. The predicted octanol–water partition coefficient (Wildman–Crippen LogP) is 2.40. The molecule has 0 aliphatic heterocycles. The lowest BCUT2D eigenvalue weighted by Gasteiger charge is -2.21. The van der Waals surface area contributed by atoms with Crippen molar-refractivity contribution < 1.29 is 19.1 Å². The lowest BCUT2D eigenvalue weighted by molar-refractivity contribution is -0.147. The molecule has 0 aromatic heterocycles. The smallest absolute Gasteiger partial charge is 0.328 e. The number of esters is 1. The highest BCUT2D eigenvalue weighted by atomic mass is 16.5. The van der Waals surface area contributed by atoms with E-state index in [2.05, 4.69) is 5.32 Å². The lowest BCUT2D eigenvalue weighted by atomic mass is 10.0. The molecule has 5 nitrogen and oxygen atoms in total. The predicted molar refractivity (Wildman–Crippen MR) is 80.3 cm³/mol. The summed E-state index contributed by atoms with van der Waals surface area (Å²) >= 11 is 0.